The predicted molar refractivity (Wildman–Crippen MR) is 102 cm³/mol. The monoisotopic (exact) mass is 512 g/mol. The molecule has 0 aliphatic carbocycles. The molecule has 188 valence electrons. The van der Waals surface area contributed by atoms with Crippen molar-refractivity contribution in [3.8, 4) is 0 Å². The summed E-state index contributed by atoms with van der Waals surface area (Å²) in [6.45, 7) is -0.410. The molecule has 2 rings (SSSR count). The molecule has 0 aromatic carbocycles. The topological polar surface area (TPSA) is 320 Å². The molecule has 0 amide bonds. The van der Waals surface area contributed by atoms with Gasteiger partial charge in [0.1, 0.15) is 5.71 Å². The van der Waals surface area contributed by atoms with Crippen LogP contribution in [0.2, 0.25) is 0 Å². The molecule has 0 bridgehead atoms. The van der Waals surface area contributed by atoms with Gasteiger partial charge in [-0.1, -0.05) is 0 Å². The number of H-pyrrole nitrogens is 2. The van der Waals surface area contributed by atoms with E-state index in [1.807, 2.05) is 0 Å². The molecule has 0 fully saturated rings. The van der Waals surface area contributed by atoms with Crippen LogP contribution in [0.25, 0.3) is 0 Å². The molecule has 2 aromatic heterocycles. The number of nitrogens with zero attached hydrogens (tertiary/aromatic N) is 2. The van der Waals surface area contributed by atoms with E-state index >= 15 is 0 Å². The Hall–Kier alpha value is -2.46. The average molecular weight is 512 g/mol. The van der Waals surface area contributed by atoms with Crippen molar-refractivity contribution < 1.29 is 53.2 Å². The summed E-state index contributed by atoms with van der Waals surface area (Å²) >= 11 is 0. The molecule has 0 radical (unpaired) electrons. The molecule has 8 N–H and O–H groups in total. The molecule has 2 aromatic rings. The fourth-order valence-electron chi connectivity index (χ4n) is 1.73. The number of hydrogen-bond acceptors (Lipinski definition) is 14. The van der Waals surface area contributed by atoms with Crippen molar-refractivity contribution in [1.82, 2.24) is 19.9 Å². The van der Waals surface area contributed by atoms with Gasteiger partial charge in [0.05, 0.1) is 25.9 Å². The van der Waals surface area contributed by atoms with Crippen molar-refractivity contribution in [3.05, 3.63) is 36.4 Å². The smallest absolute Gasteiger partial charge is 0.332 e. The van der Waals surface area contributed by atoms with E-state index in [-0.39, 0.29) is 12.6 Å². The summed E-state index contributed by atoms with van der Waals surface area (Å²) in [5.74, 6) is 0. The second-order valence-corrected chi connectivity index (χ2v) is 9.10. The lowest BCUT2D eigenvalue weighted by Gasteiger charge is -2.25. The van der Waals surface area contributed by atoms with E-state index in [9.17, 15) is 33.7 Å². The highest BCUT2D eigenvalue weighted by molar-refractivity contribution is 7.68. The lowest BCUT2D eigenvalue weighted by molar-refractivity contribution is -0.308. The highest BCUT2D eigenvalue weighted by Crippen LogP contribution is 2.35. The lowest BCUT2D eigenvalue weighted by atomic mass is 10.2. The van der Waals surface area contributed by atoms with Crippen LogP contribution < -0.4 is 31.3 Å². The maximum atomic E-state index is 10.7. The van der Waals surface area contributed by atoms with Crippen LogP contribution in [0.15, 0.2) is 25.0 Å². The normalized spacial score (nSPS) is 14.5. The van der Waals surface area contributed by atoms with Crippen LogP contribution in [0.3, 0.4) is 0 Å². The first kappa shape index (κ1) is 30.5. The number of carbonyl (C=O) groups is 2. The van der Waals surface area contributed by atoms with E-state index in [0.29, 0.717) is 18.5 Å². The van der Waals surface area contributed by atoms with Crippen molar-refractivity contribution in [2.75, 3.05) is 13.2 Å². The lowest BCUT2D eigenvalue weighted by Crippen LogP contribution is -2.33. The molecule has 17 nitrogen and oxygen atoms in total. The first-order chi connectivity index (χ1) is 15.2. The number of hydrogen-bond donors (Lipinski definition) is 6. The third kappa shape index (κ3) is 14.3. The molecular weight excluding hydrogens is 490 g/mol. The van der Waals surface area contributed by atoms with E-state index < -0.39 is 39.3 Å². The van der Waals surface area contributed by atoms with Gasteiger partial charge in [-0.2, -0.15) is 0 Å². The van der Waals surface area contributed by atoms with Crippen LogP contribution in [-0.4, -0.2) is 66.9 Å². The van der Waals surface area contributed by atoms with Crippen molar-refractivity contribution in [3.63, 3.8) is 0 Å². The van der Waals surface area contributed by atoms with Crippen molar-refractivity contribution >= 4 is 26.6 Å². The first-order valence-corrected chi connectivity index (χ1v) is 11.8. The summed E-state index contributed by atoms with van der Waals surface area (Å²) < 4.78 is 24.1. The molecule has 0 spiro atoms. The zero-order valence-electron chi connectivity index (χ0n) is 16.8. The van der Waals surface area contributed by atoms with Gasteiger partial charge < -0.3 is 69.9 Å². The Morgan fingerprint density at radius 3 is 1.76 bits per heavy atom. The Kier molecular flexibility index (Phi) is 13.5. The minimum Gasteiger partial charge on any atom is -0.803 e. The number of aliphatic hydroxyl groups excluding tert-OH is 1. The maximum Gasteiger partial charge on any atom is 0.332 e. The third-order valence-corrected chi connectivity index (χ3v) is 4.63. The number of nitrogens with two attached hydrogens (primary N) is 2. The van der Waals surface area contributed by atoms with E-state index in [2.05, 4.69) is 24.5 Å². The van der Waals surface area contributed by atoms with Crippen LogP contribution >= 0.6 is 15.2 Å². The Balaban J connectivity index is 0.000000514. The van der Waals surface area contributed by atoms with E-state index in [4.69, 9.17) is 26.5 Å². The average Bonchev–Trinajstić information content (AvgIpc) is 3.41. The predicted octanol–water partition coefficient (Wildman–Crippen LogP) is -3.96. The Morgan fingerprint density at radius 2 is 1.45 bits per heavy atom. The summed E-state index contributed by atoms with van der Waals surface area (Å²) in [6.07, 6.45) is 7.22. The van der Waals surface area contributed by atoms with E-state index in [1.54, 1.807) is 12.5 Å². The van der Waals surface area contributed by atoms with Gasteiger partial charge in [0, 0.05) is 56.3 Å². The van der Waals surface area contributed by atoms with Crippen LogP contribution in [0.5, 0.6) is 0 Å². The molecule has 3 atom stereocenters. The molecular formula is C14H22N6O11P2-4. The molecule has 0 aliphatic heterocycles. The SMILES string of the molecule is NC(CO)Cc1cnc[nH]1.NC(COP(=O)([O-])C(=O)[O-])Cc1cnc[nH]1.O=C(O)P(=O)([O-])[O-]. The Bertz CT molecular complexity index is 918. The van der Waals surface area contributed by atoms with Crippen LogP contribution in [-0.2, 0) is 26.5 Å². The third-order valence-electron chi connectivity index (χ3n) is 3.22. The van der Waals surface area contributed by atoms with Crippen molar-refractivity contribution in [1.29, 1.82) is 0 Å². The Labute approximate surface area is 186 Å². The number of aliphatic hydroxyl groups is 1. The molecule has 33 heavy (non-hydrogen) atoms. The minimum atomic E-state index is -5.32. The molecule has 0 saturated carbocycles. The van der Waals surface area contributed by atoms with Gasteiger partial charge in [-0.3, -0.25) is 0 Å². The largest absolute Gasteiger partial charge is 0.803 e. The summed E-state index contributed by atoms with van der Waals surface area (Å²) in [5, 5.41) is 26.0. The van der Waals surface area contributed by atoms with Crippen molar-refractivity contribution in [2.24, 2.45) is 11.5 Å². The van der Waals surface area contributed by atoms with Gasteiger partial charge in [0.15, 0.2) is 7.60 Å². The summed E-state index contributed by atoms with van der Waals surface area (Å²) in [6, 6.07) is -0.831. The molecule has 0 saturated heterocycles. The van der Waals surface area contributed by atoms with Crippen molar-refractivity contribution in [2.45, 2.75) is 24.9 Å². The van der Waals surface area contributed by atoms with Gasteiger partial charge in [-0.05, 0) is 0 Å². The van der Waals surface area contributed by atoms with Crippen LogP contribution in [0.4, 0.5) is 9.59 Å². The minimum absolute atomic E-state index is 0.0129. The number of rotatable bonds is 10. The molecule has 2 heterocycles. The quantitative estimate of drug-likeness (QED) is 0.165. The molecule has 19 heteroatoms. The zero-order chi connectivity index (χ0) is 25.7. The van der Waals surface area contributed by atoms with Gasteiger partial charge >= 0.3 is 5.71 Å². The second kappa shape index (κ2) is 14.6. The maximum absolute atomic E-state index is 10.7. The number of carbonyl (C=O) groups excluding carboxylic acids is 1. The number of carboxylic acid groups (broad SMARTS) is 2. The standard InChI is InChI=1S/C7H12N3O5P.C6H11N3O.CH3O5P/c8-5(1-6-2-9-4-10-6)3-15-16(13,14)7(11)12;7-5(3-10)1-6-2-8-4-9-6;2-1(3)7(4,5)6/h2,4-5H,1,3,8H2,(H,9,10)(H,11,12)(H,13,14);2,4-5,10H,1,3,7H2,(H,8,9);(H,2,3)(H2,4,5,6)/p-4. The fraction of sp³-hybridized carbons (Fsp3) is 0.429. The van der Waals surface area contributed by atoms with E-state index in [1.165, 1.54) is 12.5 Å². The number of nitrogens with one attached hydrogen (secondary N) is 2. The zero-order valence-corrected chi connectivity index (χ0v) is 18.6. The van der Waals surface area contributed by atoms with E-state index in [0.717, 1.165) is 5.69 Å². The highest BCUT2D eigenvalue weighted by atomic mass is 31.2. The summed E-state index contributed by atoms with van der Waals surface area (Å²) in [4.78, 5) is 61.5. The Morgan fingerprint density at radius 1 is 1.03 bits per heavy atom. The molecule has 3 unspecified atom stereocenters. The van der Waals surface area contributed by atoms with Crippen LogP contribution in [0, 0.1) is 0 Å². The van der Waals surface area contributed by atoms with Gasteiger partial charge in [-0.15, -0.1) is 0 Å². The van der Waals surface area contributed by atoms with Gasteiger partial charge in [-0.25, -0.2) is 14.8 Å². The number of aromatic nitrogens is 4. The van der Waals surface area contributed by atoms with Gasteiger partial charge in [0.25, 0.3) is 0 Å². The van der Waals surface area contributed by atoms with Gasteiger partial charge in [0.2, 0.25) is 0 Å². The molecule has 0 aliphatic rings. The van der Waals surface area contributed by atoms with Crippen LogP contribution in [0.1, 0.15) is 11.4 Å². The summed E-state index contributed by atoms with van der Waals surface area (Å²) in [7, 11) is -10.3. The second-order valence-electron chi connectivity index (χ2n) is 6.10. The number of aromatic amines is 2. The highest BCUT2D eigenvalue weighted by Gasteiger charge is 2.13. The fourth-order valence-corrected chi connectivity index (χ4v) is 2.22. The number of imidazole rings is 2. The summed E-state index contributed by atoms with van der Waals surface area (Å²) in [5.41, 5.74) is 8.09. The first-order valence-electron chi connectivity index (χ1n) is 8.68.